The van der Waals surface area contributed by atoms with Crippen molar-refractivity contribution in [2.45, 2.75) is 46.0 Å². The van der Waals surface area contributed by atoms with Crippen molar-refractivity contribution in [2.24, 2.45) is 10.4 Å². The van der Waals surface area contributed by atoms with E-state index >= 15 is 0 Å². The highest BCUT2D eigenvalue weighted by molar-refractivity contribution is 5.80. The van der Waals surface area contributed by atoms with Crippen LogP contribution < -0.4 is 5.32 Å². The lowest BCUT2D eigenvalue weighted by molar-refractivity contribution is -0.181. The summed E-state index contributed by atoms with van der Waals surface area (Å²) in [4.78, 5) is 7.72. The van der Waals surface area contributed by atoms with Gasteiger partial charge in [0.05, 0.1) is 6.10 Å². The Hall–Kier alpha value is -1.02. The first-order valence-electron chi connectivity index (χ1n) is 8.29. The number of piperazine rings is 1. The number of rotatable bonds is 4. The molecular weight excluding hydrogens is 321 g/mol. The molecule has 2 unspecified atom stereocenters. The first kappa shape index (κ1) is 21.0. The third-order valence-electron chi connectivity index (χ3n) is 4.54. The zero-order valence-corrected chi connectivity index (χ0v) is 15.6. The fourth-order valence-corrected chi connectivity index (χ4v) is 2.79. The van der Waals surface area contributed by atoms with Gasteiger partial charge >= 0.3 is 6.18 Å². The third-order valence-corrected chi connectivity index (χ3v) is 4.54. The standard InChI is InChI=1S/C16H31F3N4O/c1-12(16(17,18)19)22-7-9-23(10-8-22)14(20-5)21-11-13(24-6)15(2,3)4/h12-13H,7-11H2,1-6H3,(H,20,21). The van der Waals surface area contributed by atoms with Crippen LogP contribution >= 0.6 is 0 Å². The maximum atomic E-state index is 12.8. The zero-order chi connectivity index (χ0) is 18.5. The number of guanidine groups is 1. The van der Waals surface area contributed by atoms with Gasteiger partial charge in [-0.1, -0.05) is 20.8 Å². The second kappa shape index (κ2) is 8.38. The average Bonchev–Trinajstić information content (AvgIpc) is 2.49. The number of hydrogen-bond donors (Lipinski definition) is 1. The fraction of sp³-hybridized carbons (Fsp3) is 0.938. The monoisotopic (exact) mass is 352 g/mol. The molecule has 0 aromatic heterocycles. The molecule has 0 amide bonds. The van der Waals surface area contributed by atoms with Gasteiger partial charge < -0.3 is 15.0 Å². The van der Waals surface area contributed by atoms with Crippen molar-refractivity contribution >= 4 is 5.96 Å². The predicted molar refractivity (Wildman–Crippen MR) is 90.3 cm³/mol. The number of methoxy groups -OCH3 is 1. The Morgan fingerprint density at radius 2 is 1.71 bits per heavy atom. The van der Waals surface area contributed by atoms with E-state index in [1.807, 2.05) is 4.90 Å². The van der Waals surface area contributed by atoms with E-state index in [1.165, 1.54) is 11.8 Å². The number of hydrogen-bond acceptors (Lipinski definition) is 3. The Morgan fingerprint density at radius 3 is 2.08 bits per heavy atom. The highest BCUT2D eigenvalue weighted by Gasteiger charge is 2.41. The Morgan fingerprint density at radius 1 is 1.17 bits per heavy atom. The van der Waals surface area contributed by atoms with Crippen LogP contribution in [0.4, 0.5) is 13.2 Å². The van der Waals surface area contributed by atoms with Gasteiger partial charge in [-0.05, 0) is 12.3 Å². The number of aliphatic imine (C=N–C) groups is 1. The molecule has 8 heteroatoms. The van der Waals surface area contributed by atoms with Crippen molar-refractivity contribution in [3.05, 3.63) is 0 Å². The highest BCUT2D eigenvalue weighted by Crippen LogP contribution is 2.25. The second-order valence-corrected chi connectivity index (χ2v) is 7.26. The number of ether oxygens (including phenoxy) is 1. The van der Waals surface area contributed by atoms with Gasteiger partial charge in [-0.25, -0.2) is 0 Å². The van der Waals surface area contributed by atoms with Crippen LogP contribution in [0.5, 0.6) is 0 Å². The molecule has 142 valence electrons. The largest absolute Gasteiger partial charge is 0.403 e. The zero-order valence-electron chi connectivity index (χ0n) is 15.6. The van der Waals surface area contributed by atoms with E-state index in [4.69, 9.17) is 4.74 Å². The number of nitrogens with one attached hydrogen (secondary N) is 1. The lowest BCUT2D eigenvalue weighted by atomic mass is 9.89. The molecular formula is C16H31F3N4O. The molecule has 1 heterocycles. The topological polar surface area (TPSA) is 40.1 Å². The van der Waals surface area contributed by atoms with Crippen LogP contribution in [0.25, 0.3) is 0 Å². The van der Waals surface area contributed by atoms with Gasteiger partial charge in [0.15, 0.2) is 5.96 Å². The molecule has 1 aliphatic heterocycles. The van der Waals surface area contributed by atoms with Gasteiger partial charge in [0.1, 0.15) is 6.04 Å². The minimum atomic E-state index is -4.18. The molecule has 0 aromatic carbocycles. The van der Waals surface area contributed by atoms with E-state index in [-0.39, 0.29) is 11.5 Å². The maximum absolute atomic E-state index is 12.8. The summed E-state index contributed by atoms with van der Waals surface area (Å²) in [5, 5.41) is 3.28. The van der Waals surface area contributed by atoms with Crippen molar-refractivity contribution in [1.29, 1.82) is 0 Å². The number of alkyl halides is 3. The van der Waals surface area contributed by atoms with Crippen molar-refractivity contribution in [3.8, 4) is 0 Å². The molecule has 0 bridgehead atoms. The lowest BCUT2D eigenvalue weighted by Gasteiger charge is -2.40. The third kappa shape index (κ3) is 5.81. The highest BCUT2D eigenvalue weighted by atomic mass is 19.4. The van der Waals surface area contributed by atoms with Gasteiger partial charge in [-0.15, -0.1) is 0 Å². The molecule has 1 rings (SSSR count). The SMILES string of the molecule is CN=C(NCC(OC)C(C)(C)C)N1CCN(C(C)C(F)(F)F)CC1. The van der Waals surface area contributed by atoms with Crippen LogP contribution in [0.2, 0.25) is 0 Å². The molecule has 0 aliphatic carbocycles. The van der Waals surface area contributed by atoms with E-state index < -0.39 is 12.2 Å². The normalized spacial score (nSPS) is 20.9. The van der Waals surface area contributed by atoms with E-state index in [9.17, 15) is 13.2 Å². The Labute approximate surface area is 143 Å². The predicted octanol–water partition coefficient (Wildman–Crippen LogP) is 2.19. The molecule has 24 heavy (non-hydrogen) atoms. The van der Waals surface area contributed by atoms with Gasteiger partial charge in [0.2, 0.25) is 0 Å². The summed E-state index contributed by atoms with van der Waals surface area (Å²) in [6.45, 7) is 9.90. The van der Waals surface area contributed by atoms with Crippen molar-refractivity contribution < 1.29 is 17.9 Å². The van der Waals surface area contributed by atoms with Crippen molar-refractivity contribution in [1.82, 2.24) is 15.1 Å². The molecule has 0 spiro atoms. The summed E-state index contributed by atoms with van der Waals surface area (Å²) in [6.07, 6.45) is -4.17. The lowest BCUT2D eigenvalue weighted by Crippen LogP contribution is -2.57. The van der Waals surface area contributed by atoms with Crippen LogP contribution in [0, 0.1) is 5.41 Å². The summed E-state index contributed by atoms with van der Waals surface area (Å²) in [5.41, 5.74) is -0.0125. The Balaban J connectivity index is 2.55. The van der Waals surface area contributed by atoms with Crippen LogP contribution in [0.1, 0.15) is 27.7 Å². The molecule has 1 saturated heterocycles. The minimum Gasteiger partial charge on any atom is -0.379 e. The molecule has 0 saturated carbocycles. The van der Waals surface area contributed by atoms with Gasteiger partial charge in [0.25, 0.3) is 0 Å². The molecule has 1 aliphatic rings. The van der Waals surface area contributed by atoms with Crippen LogP contribution in [0.15, 0.2) is 4.99 Å². The molecule has 0 radical (unpaired) electrons. The summed E-state index contributed by atoms with van der Waals surface area (Å²) in [7, 11) is 3.36. The van der Waals surface area contributed by atoms with Crippen molar-refractivity contribution in [3.63, 3.8) is 0 Å². The van der Waals surface area contributed by atoms with Crippen LogP contribution in [0.3, 0.4) is 0 Å². The van der Waals surface area contributed by atoms with Gasteiger partial charge in [-0.3, -0.25) is 9.89 Å². The van der Waals surface area contributed by atoms with Gasteiger partial charge in [-0.2, -0.15) is 13.2 Å². The summed E-state index contributed by atoms with van der Waals surface area (Å²) in [6, 6.07) is -1.41. The van der Waals surface area contributed by atoms with E-state index in [0.717, 1.165) is 0 Å². The fourth-order valence-electron chi connectivity index (χ4n) is 2.79. The molecule has 5 nitrogen and oxygen atoms in total. The Kier molecular flexibility index (Phi) is 7.34. The second-order valence-electron chi connectivity index (χ2n) is 7.26. The quantitative estimate of drug-likeness (QED) is 0.622. The minimum absolute atomic E-state index is 0.0125. The Bertz CT molecular complexity index is 413. The smallest absolute Gasteiger partial charge is 0.379 e. The molecule has 2 atom stereocenters. The van der Waals surface area contributed by atoms with E-state index in [0.29, 0.717) is 38.7 Å². The van der Waals surface area contributed by atoms with E-state index in [2.05, 4.69) is 31.1 Å². The summed E-state index contributed by atoms with van der Waals surface area (Å²) in [5.74, 6) is 0.709. The number of halogens is 3. The molecule has 1 N–H and O–H groups in total. The van der Waals surface area contributed by atoms with E-state index in [1.54, 1.807) is 14.2 Å². The van der Waals surface area contributed by atoms with Crippen molar-refractivity contribution in [2.75, 3.05) is 46.9 Å². The first-order chi connectivity index (χ1) is 11.0. The van der Waals surface area contributed by atoms with Crippen LogP contribution in [-0.4, -0.2) is 81.0 Å². The summed E-state index contributed by atoms with van der Waals surface area (Å²) >= 11 is 0. The van der Waals surface area contributed by atoms with Gasteiger partial charge in [0, 0.05) is 46.9 Å². The molecule has 1 fully saturated rings. The molecule has 0 aromatic rings. The maximum Gasteiger partial charge on any atom is 0.403 e. The first-order valence-corrected chi connectivity index (χ1v) is 8.29. The number of nitrogens with zero attached hydrogens (tertiary/aromatic N) is 3. The average molecular weight is 352 g/mol. The van der Waals surface area contributed by atoms with Crippen LogP contribution in [-0.2, 0) is 4.74 Å². The summed E-state index contributed by atoms with van der Waals surface area (Å²) < 4.78 is 43.9.